The molecule has 0 bridgehead atoms. The van der Waals surface area contributed by atoms with Gasteiger partial charge in [0.1, 0.15) is 0 Å². The summed E-state index contributed by atoms with van der Waals surface area (Å²) in [4.78, 5) is 12.1. The Bertz CT molecular complexity index is 656. The maximum atomic E-state index is 12.7. The molecule has 0 aliphatic carbocycles. The van der Waals surface area contributed by atoms with Crippen molar-refractivity contribution in [3.05, 3.63) is 63.2 Å². The van der Waals surface area contributed by atoms with Gasteiger partial charge in [0.05, 0.1) is 11.3 Å². The quantitative estimate of drug-likeness (QED) is 0.357. The third-order valence-electron chi connectivity index (χ3n) is 2.76. The second kappa shape index (κ2) is 6.02. The largest absolute Gasteiger partial charge is 0.416 e. The summed E-state index contributed by atoms with van der Waals surface area (Å²) in [7, 11) is 0. The molecule has 7 heteroatoms. The molecule has 0 saturated carbocycles. The van der Waals surface area contributed by atoms with Gasteiger partial charge < -0.3 is 0 Å². The topological polar surface area (TPSA) is 46.3 Å². The number of alkyl halides is 3. The van der Waals surface area contributed by atoms with Crippen molar-refractivity contribution in [2.45, 2.75) is 6.18 Å². The van der Waals surface area contributed by atoms with Gasteiger partial charge in [0.25, 0.3) is 5.91 Å². The van der Waals surface area contributed by atoms with Crippen molar-refractivity contribution in [1.29, 1.82) is 0 Å². The number of amides is 1. The molecule has 1 amide bonds. The monoisotopic (exact) mass is 406 g/mol. The number of carbonyl (C=O) groups is 1. The lowest BCUT2D eigenvalue weighted by Gasteiger charge is -2.18. The molecule has 110 valence electrons. The minimum absolute atomic E-state index is 0.0200. The van der Waals surface area contributed by atoms with Crippen LogP contribution in [0.1, 0.15) is 15.9 Å². The number of nitrogens with zero attached hydrogens (tertiary/aromatic N) is 1. The molecule has 0 atom stereocenters. The maximum absolute atomic E-state index is 12.7. The fourth-order valence-electron chi connectivity index (χ4n) is 1.68. The summed E-state index contributed by atoms with van der Waals surface area (Å²) in [5.74, 6) is 5.06. The summed E-state index contributed by atoms with van der Waals surface area (Å²) in [5, 5.41) is 0.706. The van der Waals surface area contributed by atoms with Crippen molar-refractivity contribution < 1.29 is 18.0 Å². The van der Waals surface area contributed by atoms with Gasteiger partial charge in [0.15, 0.2) is 0 Å². The third kappa shape index (κ3) is 3.73. The Kier molecular flexibility index (Phi) is 4.52. The standard InChI is InChI=1S/C14H10F3IN2O/c15-14(16,17)10-2-1-3-12(8-10)20(19)13(21)9-4-6-11(18)7-5-9/h1-8H,19H2. The zero-order valence-corrected chi connectivity index (χ0v) is 12.7. The van der Waals surface area contributed by atoms with Crippen LogP contribution in [-0.2, 0) is 6.18 Å². The minimum Gasteiger partial charge on any atom is -0.267 e. The molecular formula is C14H10F3IN2O. The predicted molar refractivity (Wildman–Crippen MR) is 81.6 cm³/mol. The highest BCUT2D eigenvalue weighted by molar-refractivity contribution is 14.1. The molecule has 2 N–H and O–H groups in total. The smallest absolute Gasteiger partial charge is 0.267 e. The maximum Gasteiger partial charge on any atom is 0.416 e. The molecular weight excluding hydrogens is 396 g/mol. The highest BCUT2D eigenvalue weighted by Gasteiger charge is 2.31. The number of hydrogen-bond donors (Lipinski definition) is 1. The highest BCUT2D eigenvalue weighted by atomic mass is 127. The van der Waals surface area contributed by atoms with E-state index in [1.54, 1.807) is 24.3 Å². The zero-order valence-electron chi connectivity index (χ0n) is 10.6. The van der Waals surface area contributed by atoms with Gasteiger partial charge in [-0.2, -0.15) is 13.2 Å². The second-order valence-electron chi connectivity index (χ2n) is 4.23. The summed E-state index contributed by atoms with van der Waals surface area (Å²) in [6.45, 7) is 0. The average Bonchev–Trinajstić information content (AvgIpc) is 2.46. The van der Waals surface area contributed by atoms with Gasteiger partial charge >= 0.3 is 6.18 Å². The number of anilines is 1. The number of carbonyl (C=O) groups excluding carboxylic acids is 1. The highest BCUT2D eigenvalue weighted by Crippen LogP contribution is 2.31. The van der Waals surface area contributed by atoms with Crippen molar-refractivity contribution in [3.8, 4) is 0 Å². The Hall–Kier alpha value is -1.61. The number of halogens is 4. The molecule has 0 radical (unpaired) electrons. The Labute approximate surface area is 132 Å². The van der Waals surface area contributed by atoms with E-state index in [0.717, 1.165) is 15.7 Å². The molecule has 0 spiro atoms. The fourth-order valence-corrected chi connectivity index (χ4v) is 2.04. The first-order valence-electron chi connectivity index (χ1n) is 5.81. The number of hydrogen-bond acceptors (Lipinski definition) is 2. The Morgan fingerprint density at radius 3 is 2.29 bits per heavy atom. The van der Waals surface area contributed by atoms with Crippen LogP contribution in [0.15, 0.2) is 48.5 Å². The van der Waals surface area contributed by atoms with Crippen molar-refractivity contribution in [2.75, 3.05) is 5.01 Å². The van der Waals surface area contributed by atoms with E-state index in [4.69, 9.17) is 5.84 Å². The molecule has 0 unspecified atom stereocenters. The Balaban J connectivity index is 2.29. The molecule has 2 aromatic carbocycles. The number of hydrazine groups is 1. The Morgan fingerprint density at radius 1 is 1.10 bits per heavy atom. The number of benzene rings is 2. The lowest BCUT2D eigenvalue weighted by atomic mass is 10.1. The van der Waals surface area contributed by atoms with Gasteiger partial charge in [-0.05, 0) is 65.1 Å². The molecule has 0 fully saturated rings. The van der Waals surface area contributed by atoms with Crippen LogP contribution >= 0.6 is 22.6 Å². The summed E-state index contributed by atoms with van der Waals surface area (Å²) in [6, 6.07) is 10.9. The van der Waals surface area contributed by atoms with E-state index >= 15 is 0 Å². The molecule has 0 heterocycles. The van der Waals surface area contributed by atoms with Crippen LogP contribution < -0.4 is 10.9 Å². The molecule has 2 rings (SSSR count). The van der Waals surface area contributed by atoms with Crippen molar-refractivity contribution >= 4 is 34.2 Å². The van der Waals surface area contributed by atoms with Crippen LogP contribution in [0.4, 0.5) is 18.9 Å². The molecule has 0 aliphatic heterocycles. The third-order valence-corrected chi connectivity index (χ3v) is 3.48. The summed E-state index contributed by atoms with van der Waals surface area (Å²) in [5.41, 5.74) is -0.574. The van der Waals surface area contributed by atoms with Crippen molar-refractivity contribution in [3.63, 3.8) is 0 Å². The first-order chi connectivity index (χ1) is 9.79. The van der Waals surface area contributed by atoms with Crippen LogP contribution in [0, 0.1) is 3.57 Å². The predicted octanol–water partition coefficient (Wildman–Crippen LogP) is 3.83. The average molecular weight is 406 g/mol. The summed E-state index contributed by atoms with van der Waals surface area (Å²) >= 11 is 2.08. The van der Waals surface area contributed by atoms with Crippen LogP contribution in [0.2, 0.25) is 0 Å². The summed E-state index contributed by atoms with van der Waals surface area (Å²) < 4.78 is 38.9. The van der Waals surface area contributed by atoms with Gasteiger partial charge in [-0.3, -0.25) is 4.79 Å². The van der Waals surface area contributed by atoms with E-state index in [2.05, 4.69) is 22.6 Å². The molecule has 0 aliphatic rings. The number of rotatable bonds is 2. The molecule has 21 heavy (non-hydrogen) atoms. The second-order valence-corrected chi connectivity index (χ2v) is 5.48. The fraction of sp³-hybridized carbons (Fsp3) is 0.0714. The van der Waals surface area contributed by atoms with E-state index in [1.165, 1.54) is 12.1 Å². The first kappa shape index (κ1) is 15.8. The van der Waals surface area contributed by atoms with Crippen molar-refractivity contribution in [1.82, 2.24) is 0 Å². The molecule has 2 aromatic rings. The first-order valence-corrected chi connectivity index (χ1v) is 6.89. The minimum atomic E-state index is -4.48. The van der Waals surface area contributed by atoms with Gasteiger partial charge in [-0.15, -0.1) is 0 Å². The molecule has 0 aromatic heterocycles. The number of nitrogens with two attached hydrogens (primary N) is 1. The van der Waals surface area contributed by atoms with Crippen LogP contribution in [0.3, 0.4) is 0 Å². The van der Waals surface area contributed by atoms with E-state index < -0.39 is 17.6 Å². The Morgan fingerprint density at radius 2 is 1.71 bits per heavy atom. The molecule has 0 saturated heterocycles. The van der Waals surface area contributed by atoms with Gasteiger partial charge in [0, 0.05) is 9.13 Å². The SMILES string of the molecule is NN(C(=O)c1ccc(I)cc1)c1cccc(C(F)(F)F)c1. The van der Waals surface area contributed by atoms with E-state index in [0.29, 0.717) is 10.6 Å². The summed E-state index contributed by atoms with van der Waals surface area (Å²) in [6.07, 6.45) is -4.48. The lowest BCUT2D eigenvalue weighted by Crippen LogP contribution is -2.37. The molecule has 3 nitrogen and oxygen atoms in total. The van der Waals surface area contributed by atoms with Gasteiger partial charge in [-0.1, -0.05) is 6.07 Å². The van der Waals surface area contributed by atoms with Crippen LogP contribution in [0.5, 0.6) is 0 Å². The van der Waals surface area contributed by atoms with Gasteiger partial charge in [-0.25, -0.2) is 10.9 Å². The zero-order chi connectivity index (χ0) is 15.6. The normalized spacial score (nSPS) is 11.3. The van der Waals surface area contributed by atoms with E-state index in [-0.39, 0.29) is 5.69 Å². The van der Waals surface area contributed by atoms with Gasteiger partial charge in [0.2, 0.25) is 0 Å². The lowest BCUT2D eigenvalue weighted by molar-refractivity contribution is -0.137. The van der Waals surface area contributed by atoms with Crippen molar-refractivity contribution in [2.24, 2.45) is 5.84 Å². The van der Waals surface area contributed by atoms with Crippen LogP contribution in [0.25, 0.3) is 0 Å². The van der Waals surface area contributed by atoms with E-state index in [1.807, 2.05) is 0 Å². The van der Waals surface area contributed by atoms with Crippen LogP contribution in [-0.4, -0.2) is 5.91 Å². The van der Waals surface area contributed by atoms with E-state index in [9.17, 15) is 18.0 Å².